The highest BCUT2D eigenvalue weighted by Gasteiger charge is 2.35. The molecular weight excluding hydrogens is 264 g/mol. The van der Waals surface area contributed by atoms with E-state index in [4.69, 9.17) is 5.73 Å². The van der Waals surface area contributed by atoms with Gasteiger partial charge >= 0.3 is 0 Å². The molecule has 21 heavy (non-hydrogen) atoms. The molecule has 2 aliphatic rings. The molecule has 1 aliphatic carbocycles. The Morgan fingerprint density at radius 2 is 1.95 bits per heavy atom. The molecule has 4 heteroatoms. The Morgan fingerprint density at radius 3 is 2.71 bits per heavy atom. The van der Waals surface area contributed by atoms with Gasteiger partial charge in [-0.15, -0.1) is 0 Å². The van der Waals surface area contributed by atoms with Gasteiger partial charge in [-0.3, -0.25) is 14.5 Å². The molecule has 0 bridgehead atoms. The van der Waals surface area contributed by atoms with Crippen molar-refractivity contribution in [2.24, 2.45) is 11.8 Å². The summed E-state index contributed by atoms with van der Waals surface area (Å²) in [5.74, 6) is 1.05. The number of imide groups is 1. The molecule has 1 aromatic carbocycles. The number of carbonyl (C=O) groups is 2. The van der Waals surface area contributed by atoms with Crippen LogP contribution in [0.5, 0.6) is 0 Å². The first-order chi connectivity index (χ1) is 10.1. The highest BCUT2D eigenvalue weighted by Crippen LogP contribution is 2.32. The van der Waals surface area contributed by atoms with E-state index < -0.39 is 0 Å². The van der Waals surface area contributed by atoms with E-state index in [1.165, 1.54) is 30.6 Å². The number of carbonyl (C=O) groups excluding carboxylic acids is 2. The van der Waals surface area contributed by atoms with Crippen molar-refractivity contribution in [1.82, 2.24) is 4.90 Å². The maximum atomic E-state index is 12.3. The van der Waals surface area contributed by atoms with Crippen molar-refractivity contribution in [2.75, 3.05) is 12.3 Å². The number of hydrogen-bond acceptors (Lipinski definition) is 3. The quantitative estimate of drug-likeness (QED) is 0.686. The van der Waals surface area contributed by atoms with Crippen LogP contribution < -0.4 is 5.73 Å². The summed E-state index contributed by atoms with van der Waals surface area (Å²) in [6.07, 6.45) is 5.94. The van der Waals surface area contributed by atoms with Crippen LogP contribution in [0.25, 0.3) is 0 Å². The second-order valence-electron chi connectivity index (χ2n) is 6.49. The molecule has 3 rings (SSSR count). The first-order valence-corrected chi connectivity index (χ1v) is 7.82. The van der Waals surface area contributed by atoms with E-state index >= 15 is 0 Å². The fourth-order valence-corrected chi connectivity index (χ4v) is 3.65. The fraction of sp³-hybridized carbons (Fsp3) is 0.529. The molecule has 2 atom stereocenters. The highest BCUT2D eigenvalue weighted by molar-refractivity contribution is 6.21. The van der Waals surface area contributed by atoms with Gasteiger partial charge in [0, 0.05) is 12.2 Å². The summed E-state index contributed by atoms with van der Waals surface area (Å²) in [4.78, 5) is 26.1. The van der Waals surface area contributed by atoms with Crippen molar-refractivity contribution in [3.63, 3.8) is 0 Å². The van der Waals surface area contributed by atoms with Crippen molar-refractivity contribution in [3.8, 4) is 0 Å². The van der Waals surface area contributed by atoms with Crippen molar-refractivity contribution in [2.45, 2.75) is 39.0 Å². The number of anilines is 1. The minimum absolute atomic E-state index is 0.168. The van der Waals surface area contributed by atoms with Crippen LogP contribution in [0.1, 0.15) is 59.7 Å². The lowest BCUT2D eigenvalue weighted by Crippen LogP contribution is -2.32. The SMILES string of the molecule is CC1CCCC(CCN2C(=O)c3ccc(N)cc3C2=O)C1. The monoisotopic (exact) mass is 286 g/mol. The number of nitrogens with zero attached hydrogens (tertiary/aromatic N) is 1. The Morgan fingerprint density at radius 1 is 1.19 bits per heavy atom. The largest absolute Gasteiger partial charge is 0.399 e. The van der Waals surface area contributed by atoms with Gasteiger partial charge in [-0.2, -0.15) is 0 Å². The van der Waals surface area contributed by atoms with Gasteiger partial charge in [0.25, 0.3) is 11.8 Å². The number of nitrogen functional groups attached to an aromatic ring is 1. The van der Waals surface area contributed by atoms with Crippen LogP contribution in [0.15, 0.2) is 18.2 Å². The Kier molecular flexibility index (Phi) is 3.70. The van der Waals surface area contributed by atoms with Gasteiger partial charge < -0.3 is 5.73 Å². The van der Waals surface area contributed by atoms with Crippen molar-refractivity contribution in [3.05, 3.63) is 29.3 Å². The van der Waals surface area contributed by atoms with Crippen LogP contribution in [0.2, 0.25) is 0 Å². The van der Waals surface area contributed by atoms with Crippen molar-refractivity contribution in [1.29, 1.82) is 0 Å². The highest BCUT2D eigenvalue weighted by atomic mass is 16.2. The molecule has 2 unspecified atom stereocenters. The van der Waals surface area contributed by atoms with E-state index in [0.29, 0.717) is 29.3 Å². The molecule has 1 aliphatic heterocycles. The van der Waals surface area contributed by atoms with E-state index in [2.05, 4.69) is 6.92 Å². The molecule has 1 saturated carbocycles. The number of nitrogens with two attached hydrogens (primary N) is 1. The molecule has 1 fully saturated rings. The molecule has 4 nitrogen and oxygen atoms in total. The third kappa shape index (κ3) is 2.67. The number of amides is 2. The summed E-state index contributed by atoms with van der Waals surface area (Å²) in [6, 6.07) is 4.95. The Hall–Kier alpha value is -1.84. The normalized spacial score (nSPS) is 25.3. The molecule has 0 spiro atoms. The van der Waals surface area contributed by atoms with E-state index in [0.717, 1.165) is 12.3 Å². The van der Waals surface area contributed by atoms with Gasteiger partial charge in [0.2, 0.25) is 0 Å². The fourth-order valence-electron chi connectivity index (χ4n) is 3.65. The first kappa shape index (κ1) is 14.1. The molecule has 0 saturated heterocycles. The zero-order valence-electron chi connectivity index (χ0n) is 12.5. The topological polar surface area (TPSA) is 63.4 Å². The zero-order valence-corrected chi connectivity index (χ0v) is 12.5. The maximum Gasteiger partial charge on any atom is 0.261 e. The lowest BCUT2D eigenvalue weighted by Gasteiger charge is -2.27. The first-order valence-electron chi connectivity index (χ1n) is 7.82. The predicted molar refractivity (Wildman–Crippen MR) is 82.0 cm³/mol. The molecule has 0 aromatic heterocycles. The summed E-state index contributed by atoms with van der Waals surface area (Å²) in [6.45, 7) is 2.82. The summed E-state index contributed by atoms with van der Waals surface area (Å²) >= 11 is 0. The second kappa shape index (κ2) is 5.51. The molecule has 112 valence electrons. The number of fused-ring (bicyclic) bond motifs is 1. The van der Waals surface area contributed by atoms with Gasteiger partial charge in [0.05, 0.1) is 11.1 Å². The molecule has 2 N–H and O–H groups in total. The van der Waals surface area contributed by atoms with Gasteiger partial charge in [0.15, 0.2) is 0 Å². The van der Waals surface area contributed by atoms with Crippen LogP contribution in [-0.4, -0.2) is 23.3 Å². The minimum atomic E-state index is -0.189. The lowest BCUT2D eigenvalue weighted by molar-refractivity contribution is 0.0640. The minimum Gasteiger partial charge on any atom is -0.399 e. The number of rotatable bonds is 3. The van der Waals surface area contributed by atoms with Crippen LogP contribution in [0, 0.1) is 11.8 Å². The van der Waals surface area contributed by atoms with Gasteiger partial charge in [-0.25, -0.2) is 0 Å². The Bertz CT molecular complexity index is 582. The third-order valence-corrected chi connectivity index (χ3v) is 4.80. The molecular formula is C17H22N2O2. The summed E-state index contributed by atoms with van der Waals surface area (Å²) < 4.78 is 0. The average molecular weight is 286 g/mol. The molecule has 2 amide bonds. The van der Waals surface area contributed by atoms with Crippen LogP contribution >= 0.6 is 0 Å². The van der Waals surface area contributed by atoms with E-state index in [9.17, 15) is 9.59 Å². The van der Waals surface area contributed by atoms with Gasteiger partial charge in [0.1, 0.15) is 0 Å². The maximum absolute atomic E-state index is 12.3. The number of benzene rings is 1. The lowest BCUT2D eigenvalue weighted by atomic mass is 9.81. The molecule has 1 aromatic rings. The Balaban J connectivity index is 1.67. The van der Waals surface area contributed by atoms with Crippen LogP contribution in [0.3, 0.4) is 0 Å². The van der Waals surface area contributed by atoms with Gasteiger partial charge in [-0.05, 0) is 42.9 Å². The molecule has 1 heterocycles. The van der Waals surface area contributed by atoms with E-state index in [1.807, 2.05) is 0 Å². The van der Waals surface area contributed by atoms with E-state index in [1.54, 1.807) is 18.2 Å². The summed E-state index contributed by atoms with van der Waals surface area (Å²) in [7, 11) is 0. The third-order valence-electron chi connectivity index (χ3n) is 4.80. The smallest absolute Gasteiger partial charge is 0.261 e. The predicted octanol–water partition coefficient (Wildman–Crippen LogP) is 3.08. The summed E-state index contributed by atoms with van der Waals surface area (Å²) in [5.41, 5.74) is 7.18. The molecule has 0 radical (unpaired) electrons. The average Bonchev–Trinajstić information content (AvgIpc) is 2.69. The van der Waals surface area contributed by atoms with E-state index in [-0.39, 0.29) is 11.8 Å². The second-order valence-corrected chi connectivity index (χ2v) is 6.49. The number of hydrogen-bond donors (Lipinski definition) is 1. The van der Waals surface area contributed by atoms with Crippen molar-refractivity contribution < 1.29 is 9.59 Å². The van der Waals surface area contributed by atoms with Crippen molar-refractivity contribution >= 4 is 17.5 Å². The zero-order chi connectivity index (χ0) is 15.0. The Labute approximate surface area is 125 Å². The standard InChI is InChI=1S/C17H22N2O2/c1-11-3-2-4-12(9-11)7-8-19-16(20)14-6-5-13(18)10-15(14)17(19)21/h5-6,10-12H,2-4,7-9,18H2,1H3. The van der Waals surface area contributed by atoms with Crippen LogP contribution in [0.4, 0.5) is 5.69 Å². The van der Waals surface area contributed by atoms with Gasteiger partial charge in [-0.1, -0.05) is 26.2 Å². The van der Waals surface area contributed by atoms with Crippen LogP contribution in [-0.2, 0) is 0 Å². The summed E-state index contributed by atoms with van der Waals surface area (Å²) in [5, 5.41) is 0.